The molecule has 0 bridgehead atoms. The molecule has 0 aliphatic carbocycles. The molecule has 0 saturated carbocycles. The van der Waals surface area contributed by atoms with Gasteiger partial charge >= 0.3 is 6.18 Å². The molecule has 0 unspecified atom stereocenters. The fourth-order valence-electron chi connectivity index (χ4n) is 4.36. The normalized spacial score (nSPS) is 16.2. The lowest BCUT2D eigenvalue weighted by molar-refractivity contribution is -0.137. The van der Waals surface area contributed by atoms with E-state index in [1.165, 1.54) is 18.2 Å². The van der Waals surface area contributed by atoms with Gasteiger partial charge in [0.05, 0.1) is 5.56 Å². The van der Waals surface area contributed by atoms with Gasteiger partial charge in [-0.05, 0) is 47.9 Å². The molecule has 40 heavy (non-hydrogen) atoms. The minimum Gasteiger partial charge on any atom is -0.489 e. The van der Waals surface area contributed by atoms with Crippen molar-refractivity contribution in [2.24, 2.45) is 0 Å². The van der Waals surface area contributed by atoms with Crippen LogP contribution in [0.1, 0.15) is 23.1 Å². The zero-order valence-corrected chi connectivity index (χ0v) is 21.9. The first-order chi connectivity index (χ1) is 19.1. The van der Waals surface area contributed by atoms with Gasteiger partial charge in [0.25, 0.3) is 10.0 Å². The van der Waals surface area contributed by atoms with Gasteiger partial charge in [0.15, 0.2) is 0 Å². The van der Waals surface area contributed by atoms with Crippen molar-refractivity contribution in [3.63, 3.8) is 0 Å². The molecule has 11 heteroatoms. The largest absolute Gasteiger partial charge is 0.489 e. The molecule has 1 aliphatic heterocycles. The van der Waals surface area contributed by atoms with Crippen molar-refractivity contribution in [3.05, 3.63) is 108 Å². The van der Waals surface area contributed by atoms with Crippen molar-refractivity contribution in [3.8, 4) is 5.75 Å². The number of furan rings is 1. The average molecular weight is 571 g/mol. The number of benzene rings is 3. The number of rotatable bonds is 8. The summed E-state index contributed by atoms with van der Waals surface area (Å²) in [5.41, 5.74) is 0.987. The second-order valence-electron chi connectivity index (χ2n) is 9.25. The Kier molecular flexibility index (Phi) is 7.68. The zero-order valence-electron chi connectivity index (χ0n) is 21.1. The Balaban J connectivity index is 1.22. The summed E-state index contributed by atoms with van der Waals surface area (Å²) in [6, 6.07) is 19.1. The second-order valence-corrected chi connectivity index (χ2v) is 11.1. The molecule has 0 saturated heterocycles. The maximum absolute atomic E-state index is 13.4. The molecule has 0 fully saturated rings. The quantitative estimate of drug-likeness (QED) is 0.276. The summed E-state index contributed by atoms with van der Waals surface area (Å²) in [6.07, 6.45) is -0.728. The van der Waals surface area contributed by atoms with E-state index in [4.69, 9.17) is 9.15 Å². The van der Waals surface area contributed by atoms with Gasteiger partial charge in [-0.2, -0.15) is 17.5 Å². The second kappa shape index (κ2) is 11.2. The number of sulfonamides is 1. The van der Waals surface area contributed by atoms with Crippen molar-refractivity contribution in [2.75, 3.05) is 6.54 Å². The molecule has 1 N–H and O–H groups in total. The third kappa shape index (κ3) is 6.05. The molecule has 208 valence electrons. The highest BCUT2D eigenvalue weighted by molar-refractivity contribution is 7.89. The number of carbonyl (C=O) groups excluding carboxylic acids is 1. The summed E-state index contributed by atoms with van der Waals surface area (Å²) in [4.78, 5) is 13.1. The van der Waals surface area contributed by atoms with Crippen LogP contribution in [0.25, 0.3) is 11.0 Å². The molecule has 1 amide bonds. The molecule has 1 aliphatic rings. The van der Waals surface area contributed by atoms with E-state index in [-0.39, 0.29) is 31.2 Å². The minimum atomic E-state index is -4.40. The monoisotopic (exact) mass is 570 g/mol. The van der Waals surface area contributed by atoms with E-state index in [0.29, 0.717) is 27.8 Å². The Hall–Kier alpha value is -4.09. The van der Waals surface area contributed by atoms with Crippen LogP contribution in [-0.2, 0) is 34.1 Å². The molecular formula is C29H25F3N2O5S. The zero-order chi connectivity index (χ0) is 28.3. The number of alkyl halides is 3. The Morgan fingerprint density at radius 2 is 1.75 bits per heavy atom. The highest BCUT2D eigenvalue weighted by Crippen LogP contribution is 2.30. The Bertz CT molecular complexity index is 1610. The van der Waals surface area contributed by atoms with E-state index in [1.54, 1.807) is 60.7 Å². The summed E-state index contributed by atoms with van der Waals surface area (Å²) >= 11 is 0. The summed E-state index contributed by atoms with van der Waals surface area (Å²) in [6.45, 7) is 0.219. The van der Waals surface area contributed by atoms with Crippen molar-refractivity contribution in [2.45, 2.75) is 36.9 Å². The van der Waals surface area contributed by atoms with E-state index >= 15 is 0 Å². The maximum atomic E-state index is 13.4. The first-order valence-electron chi connectivity index (χ1n) is 12.4. The number of carbonyl (C=O) groups is 1. The number of hydrogen-bond acceptors (Lipinski definition) is 5. The van der Waals surface area contributed by atoms with Gasteiger partial charge in [-0.1, -0.05) is 54.6 Å². The number of nitrogens with zero attached hydrogens (tertiary/aromatic N) is 1. The first kappa shape index (κ1) is 27.5. The summed E-state index contributed by atoms with van der Waals surface area (Å²) in [7, 11) is -4.08. The molecule has 3 aromatic carbocycles. The van der Waals surface area contributed by atoms with Gasteiger partial charge in [-0.3, -0.25) is 4.79 Å². The molecule has 0 spiro atoms. The number of nitrogens with one attached hydrogen (secondary N) is 1. The van der Waals surface area contributed by atoms with E-state index in [2.05, 4.69) is 5.32 Å². The van der Waals surface area contributed by atoms with Gasteiger partial charge in [-0.25, -0.2) is 8.42 Å². The van der Waals surface area contributed by atoms with Gasteiger partial charge in [0.2, 0.25) is 11.0 Å². The third-order valence-electron chi connectivity index (χ3n) is 6.48. The predicted octanol–water partition coefficient (Wildman–Crippen LogP) is 5.67. The van der Waals surface area contributed by atoms with E-state index < -0.39 is 33.7 Å². The van der Waals surface area contributed by atoms with Crippen LogP contribution >= 0.6 is 0 Å². The van der Waals surface area contributed by atoms with Crippen LogP contribution in [0.4, 0.5) is 13.2 Å². The summed E-state index contributed by atoms with van der Waals surface area (Å²) < 4.78 is 77.5. The van der Waals surface area contributed by atoms with E-state index in [9.17, 15) is 26.4 Å². The fraction of sp³-hybridized carbons (Fsp3) is 0.207. The van der Waals surface area contributed by atoms with Crippen LogP contribution in [0, 0.1) is 0 Å². The van der Waals surface area contributed by atoms with Crippen molar-refractivity contribution < 1.29 is 35.5 Å². The third-order valence-corrected chi connectivity index (χ3v) is 8.21. The van der Waals surface area contributed by atoms with Gasteiger partial charge < -0.3 is 14.5 Å². The van der Waals surface area contributed by atoms with Gasteiger partial charge in [0.1, 0.15) is 24.0 Å². The smallest absolute Gasteiger partial charge is 0.416 e. The molecule has 7 nitrogen and oxygen atoms in total. The van der Waals surface area contributed by atoms with Crippen LogP contribution < -0.4 is 10.1 Å². The first-order valence-corrected chi connectivity index (χ1v) is 13.9. The number of amides is 1. The number of fused-ring (bicyclic) bond motifs is 1. The lowest BCUT2D eigenvalue weighted by Gasteiger charge is -2.30. The fourth-order valence-corrected chi connectivity index (χ4v) is 5.86. The number of halogens is 3. The van der Waals surface area contributed by atoms with Crippen LogP contribution in [0.15, 0.2) is 101 Å². The van der Waals surface area contributed by atoms with Crippen LogP contribution in [0.5, 0.6) is 5.75 Å². The molecule has 5 rings (SSSR count). The van der Waals surface area contributed by atoms with Crippen molar-refractivity contribution in [1.29, 1.82) is 0 Å². The van der Waals surface area contributed by atoms with E-state index in [0.717, 1.165) is 16.4 Å². The highest BCUT2D eigenvalue weighted by atomic mass is 32.2. The molecule has 2 heterocycles. The van der Waals surface area contributed by atoms with Gasteiger partial charge in [-0.15, -0.1) is 0 Å². The summed E-state index contributed by atoms with van der Waals surface area (Å²) in [5.74, 6) is 0.0152. The van der Waals surface area contributed by atoms with E-state index in [1.807, 2.05) is 0 Å². The van der Waals surface area contributed by atoms with Crippen LogP contribution in [-0.4, -0.2) is 31.2 Å². The topological polar surface area (TPSA) is 88.9 Å². The lowest BCUT2D eigenvalue weighted by atomic mass is 10.1. The average Bonchev–Trinajstić information content (AvgIpc) is 3.40. The molecule has 4 aromatic rings. The highest BCUT2D eigenvalue weighted by Gasteiger charge is 2.38. The molecule has 1 atom stereocenters. The standard InChI is InChI=1S/C29H25F3N2O5S/c30-29(31,32)23-13-11-20(12-14-23)19-38-24-8-5-6-21(16-24)18-33-28(35)25-9-3-4-15-34(25)40(36,37)27-17-22-7-1-2-10-26(22)39-27/h1-8,10-14,16-17,25H,9,15,18-19H2,(H,33,35)/t25-/m0/s1. The van der Waals surface area contributed by atoms with Crippen molar-refractivity contribution >= 4 is 26.9 Å². The predicted molar refractivity (Wildman–Crippen MR) is 142 cm³/mol. The lowest BCUT2D eigenvalue weighted by Crippen LogP contribution is -2.50. The molecule has 0 radical (unpaired) electrons. The van der Waals surface area contributed by atoms with Crippen LogP contribution in [0.2, 0.25) is 0 Å². The van der Waals surface area contributed by atoms with Gasteiger partial charge in [0, 0.05) is 24.5 Å². The number of ether oxygens (including phenoxy) is 1. The number of para-hydroxylation sites is 1. The van der Waals surface area contributed by atoms with Crippen molar-refractivity contribution in [1.82, 2.24) is 9.62 Å². The Morgan fingerprint density at radius 1 is 0.975 bits per heavy atom. The molecule has 1 aromatic heterocycles. The number of hydrogen-bond donors (Lipinski definition) is 1. The SMILES string of the molecule is O=C(NCc1cccc(OCc2ccc(C(F)(F)F)cc2)c1)[C@@H]1CC=CCN1S(=O)(=O)c1cc2ccccc2o1. The summed E-state index contributed by atoms with van der Waals surface area (Å²) in [5, 5.41) is 3.22. The molecular weight excluding hydrogens is 545 g/mol. The van der Waals surface area contributed by atoms with Crippen LogP contribution in [0.3, 0.4) is 0 Å². The maximum Gasteiger partial charge on any atom is 0.416 e. The minimum absolute atomic E-state index is 0.0325. The Labute approximate surface area is 228 Å². The Morgan fingerprint density at radius 3 is 2.50 bits per heavy atom.